The average molecular weight is 337 g/mol. The highest BCUT2D eigenvalue weighted by molar-refractivity contribution is 7.99. The maximum atomic E-state index is 12.5. The lowest BCUT2D eigenvalue weighted by Crippen LogP contribution is -2.34. The fraction of sp³-hybridized carbons (Fsp3) is 0.267. The zero-order valence-electron chi connectivity index (χ0n) is 11.1. The van der Waals surface area contributed by atoms with Crippen molar-refractivity contribution < 1.29 is 4.79 Å². The van der Waals surface area contributed by atoms with Gasteiger partial charge >= 0.3 is 0 Å². The molecule has 1 aliphatic heterocycles. The van der Waals surface area contributed by atoms with E-state index in [-0.39, 0.29) is 11.4 Å². The van der Waals surface area contributed by atoms with Crippen LogP contribution in [0.3, 0.4) is 0 Å². The van der Waals surface area contributed by atoms with Crippen LogP contribution in [0.25, 0.3) is 0 Å². The summed E-state index contributed by atoms with van der Waals surface area (Å²) in [6, 6.07) is 9.77. The summed E-state index contributed by atoms with van der Waals surface area (Å²) < 4.78 is 4.41. The summed E-state index contributed by atoms with van der Waals surface area (Å²) in [7, 11) is 0. The SMILES string of the molecule is O=C(NC1(c2ccc(Cl)cc2)CC1)c1cc2c(s1)SNC2. The molecule has 21 heavy (non-hydrogen) atoms. The van der Waals surface area contributed by atoms with Crippen LogP contribution in [0.2, 0.25) is 5.02 Å². The van der Waals surface area contributed by atoms with Crippen molar-refractivity contribution in [2.75, 3.05) is 0 Å². The lowest BCUT2D eigenvalue weighted by atomic mass is 10.0. The fourth-order valence-electron chi connectivity index (χ4n) is 2.57. The highest BCUT2D eigenvalue weighted by Gasteiger charge is 2.45. The Kier molecular flexibility index (Phi) is 3.26. The summed E-state index contributed by atoms with van der Waals surface area (Å²) in [5, 5.41) is 3.93. The van der Waals surface area contributed by atoms with Crippen LogP contribution in [-0.2, 0) is 12.1 Å². The maximum Gasteiger partial charge on any atom is 0.262 e. The Morgan fingerprint density at radius 3 is 2.71 bits per heavy atom. The van der Waals surface area contributed by atoms with Gasteiger partial charge in [-0.1, -0.05) is 23.7 Å². The van der Waals surface area contributed by atoms with Gasteiger partial charge in [0.1, 0.15) is 0 Å². The van der Waals surface area contributed by atoms with Crippen molar-refractivity contribution in [3.8, 4) is 0 Å². The number of carbonyl (C=O) groups excluding carboxylic acids is 1. The third kappa shape index (κ3) is 2.48. The van der Waals surface area contributed by atoms with Gasteiger partial charge in [-0.05, 0) is 54.1 Å². The molecule has 2 N–H and O–H groups in total. The predicted octanol–water partition coefficient (Wildman–Crippen LogP) is 3.93. The van der Waals surface area contributed by atoms with Gasteiger partial charge in [-0.3, -0.25) is 9.52 Å². The minimum atomic E-state index is -0.193. The number of amides is 1. The van der Waals surface area contributed by atoms with E-state index in [1.807, 2.05) is 30.3 Å². The first kappa shape index (κ1) is 13.6. The minimum Gasteiger partial charge on any atom is -0.342 e. The molecule has 1 aliphatic carbocycles. The summed E-state index contributed by atoms with van der Waals surface area (Å²) in [6.07, 6.45) is 1.98. The summed E-state index contributed by atoms with van der Waals surface area (Å²) in [5.41, 5.74) is 2.17. The molecule has 1 aromatic carbocycles. The second-order valence-corrected chi connectivity index (χ2v) is 8.04. The van der Waals surface area contributed by atoms with E-state index in [2.05, 4.69) is 10.0 Å². The van der Waals surface area contributed by atoms with E-state index in [4.69, 9.17) is 11.6 Å². The Balaban J connectivity index is 1.54. The zero-order chi connectivity index (χ0) is 14.4. The largest absolute Gasteiger partial charge is 0.342 e. The monoisotopic (exact) mass is 336 g/mol. The number of fused-ring (bicyclic) bond motifs is 1. The first-order valence-corrected chi connectivity index (χ1v) is 8.78. The molecule has 0 saturated heterocycles. The second-order valence-electron chi connectivity index (χ2n) is 5.39. The van der Waals surface area contributed by atoms with Crippen LogP contribution in [0.15, 0.2) is 34.5 Å². The van der Waals surface area contributed by atoms with Crippen molar-refractivity contribution in [1.29, 1.82) is 0 Å². The van der Waals surface area contributed by atoms with E-state index in [0.717, 1.165) is 34.8 Å². The first-order valence-electron chi connectivity index (χ1n) is 6.77. The fourth-order valence-corrected chi connectivity index (χ4v) is 4.74. The topological polar surface area (TPSA) is 41.1 Å². The molecule has 2 aromatic rings. The Morgan fingerprint density at radius 2 is 2.05 bits per heavy atom. The van der Waals surface area contributed by atoms with Gasteiger partial charge in [0.25, 0.3) is 5.91 Å². The van der Waals surface area contributed by atoms with Gasteiger partial charge in [0.2, 0.25) is 0 Å². The number of hydrogen-bond acceptors (Lipinski definition) is 4. The first-order chi connectivity index (χ1) is 10.2. The van der Waals surface area contributed by atoms with Gasteiger partial charge < -0.3 is 5.32 Å². The van der Waals surface area contributed by atoms with Crippen LogP contribution in [0.5, 0.6) is 0 Å². The smallest absolute Gasteiger partial charge is 0.262 e. The van der Waals surface area contributed by atoms with Gasteiger partial charge in [-0.15, -0.1) is 11.3 Å². The molecular formula is C15H13ClN2OS2. The van der Waals surface area contributed by atoms with E-state index < -0.39 is 0 Å². The van der Waals surface area contributed by atoms with Crippen LogP contribution < -0.4 is 10.0 Å². The molecule has 2 aliphatic rings. The summed E-state index contributed by atoms with van der Waals surface area (Å²) in [6.45, 7) is 0.839. The van der Waals surface area contributed by atoms with Crippen molar-refractivity contribution in [1.82, 2.24) is 10.0 Å². The molecule has 0 spiro atoms. The van der Waals surface area contributed by atoms with Crippen molar-refractivity contribution in [3.63, 3.8) is 0 Å². The molecule has 0 atom stereocenters. The number of halogens is 1. The van der Waals surface area contributed by atoms with Gasteiger partial charge in [0.15, 0.2) is 0 Å². The van der Waals surface area contributed by atoms with Crippen molar-refractivity contribution >= 4 is 40.8 Å². The van der Waals surface area contributed by atoms with Crippen LogP contribution in [0.4, 0.5) is 0 Å². The molecule has 1 saturated carbocycles. The zero-order valence-corrected chi connectivity index (χ0v) is 13.5. The molecule has 6 heteroatoms. The van der Waals surface area contributed by atoms with Crippen molar-refractivity contribution in [2.24, 2.45) is 0 Å². The number of hydrogen-bond donors (Lipinski definition) is 2. The quantitative estimate of drug-likeness (QED) is 0.834. The molecule has 1 fully saturated rings. The maximum absolute atomic E-state index is 12.5. The highest BCUT2D eigenvalue weighted by atomic mass is 35.5. The molecule has 0 bridgehead atoms. The van der Waals surface area contributed by atoms with E-state index >= 15 is 0 Å². The van der Waals surface area contributed by atoms with E-state index in [1.54, 1.807) is 23.3 Å². The molecule has 0 radical (unpaired) electrons. The number of nitrogens with one attached hydrogen (secondary N) is 2. The highest BCUT2D eigenvalue weighted by Crippen LogP contribution is 2.46. The Hall–Kier alpha value is -1.01. The van der Waals surface area contributed by atoms with Gasteiger partial charge in [0, 0.05) is 11.6 Å². The van der Waals surface area contributed by atoms with Crippen LogP contribution in [0, 0.1) is 0 Å². The number of rotatable bonds is 3. The van der Waals surface area contributed by atoms with E-state index in [0.29, 0.717) is 0 Å². The standard InChI is InChI=1S/C15H13ClN2OS2/c16-11-3-1-10(2-4-11)15(5-6-15)18-13(19)12-7-9-8-17-21-14(9)20-12/h1-4,7,17H,5-6,8H2,(H,18,19). The molecule has 108 valence electrons. The van der Waals surface area contributed by atoms with Crippen molar-refractivity contribution in [3.05, 3.63) is 51.4 Å². The van der Waals surface area contributed by atoms with Crippen LogP contribution >= 0.6 is 34.9 Å². The van der Waals surface area contributed by atoms with E-state index in [1.165, 1.54) is 9.77 Å². The Bertz CT molecular complexity index is 685. The van der Waals surface area contributed by atoms with Crippen LogP contribution in [0.1, 0.15) is 33.6 Å². The molecule has 4 rings (SSSR count). The predicted molar refractivity (Wildman–Crippen MR) is 86.8 cm³/mol. The van der Waals surface area contributed by atoms with E-state index in [9.17, 15) is 4.79 Å². The third-order valence-corrected chi connectivity index (χ3v) is 6.38. The number of carbonyl (C=O) groups is 1. The Morgan fingerprint density at radius 1 is 1.29 bits per heavy atom. The van der Waals surface area contributed by atoms with Crippen LogP contribution in [-0.4, -0.2) is 5.91 Å². The molecule has 2 heterocycles. The van der Waals surface area contributed by atoms with Gasteiger partial charge in [-0.2, -0.15) is 0 Å². The molecule has 1 amide bonds. The number of thiophene rings is 1. The average Bonchev–Trinajstić information content (AvgIpc) is 2.93. The lowest BCUT2D eigenvalue weighted by Gasteiger charge is -2.17. The summed E-state index contributed by atoms with van der Waals surface area (Å²) in [4.78, 5) is 13.3. The minimum absolute atomic E-state index is 0.0300. The molecule has 0 unspecified atom stereocenters. The summed E-state index contributed by atoms with van der Waals surface area (Å²) in [5.74, 6) is 0.0300. The molecule has 3 nitrogen and oxygen atoms in total. The van der Waals surface area contributed by atoms with Gasteiger partial charge in [-0.25, -0.2) is 0 Å². The summed E-state index contributed by atoms with van der Waals surface area (Å²) >= 11 is 9.11. The van der Waals surface area contributed by atoms with Gasteiger partial charge in [0.05, 0.1) is 14.6 Å². The molecular weight excluding hydrogens is 324 g/mol. The second kappa shape index (κ2) is 5.02. The Labute approximate surface area is 136 Å². The normalized spacial score (nSPS) is 18.3. The third-order valence-electron chi connectivity index (χ3n) is 3.92. The molecule has 1 aromatic heterocycles. The van der Waals surface area contributed by atoms with Crippen molar-refractivity contribution in [2.45, 2.75) is 29.1 Å². The number of benzene rings is 1. The lowest BCUT2D eigenvalue weighted by molar-refractivity contribution is 0.0935.